The second-order valence-electron chi connectivity index (χ2n) is 7.93. The molecule has 3 rings (SSSR count). The van der Waals surface area contributed by atoms with E-state index in [0.29, 0.717) is 5.56 Å². The lowest BCUT2D eigenvalue weighted by atomic mass is 9.93. The third-order valence-corrected chi connectivity index (χ3v) is 6.59. The first-order valence-corrected chi connectivity index (χ1v) is 11.0. The van der Waals surface area contributed by atoms with Crippen molar-refractivity contribution in [1.82, 2.24) is 4.90 Å². The van der Waals surface area contributed by atoms with Crippen LogP contribution >= 0.6 is 11.3 Å². The van der Waals surface area contributed by atoms with Crippen molar-refractivity contribution in [3.05, 3.63) is 51.4 Å². The fourth-order valence-electron chi connectivity index (χ4n) is 4.13. The van der Waals surface area contributed by atoms with Gasteiger partial charge >= 0.3 is 5.97 Å². The Hall–Kier alpha value is -2.22. The molecule has 1 aliphatic rings. The largest absolute Gasteiger partial charge is 0.465 e. The van der Waals surface area contributed by atoms with Crippen molar-refractivity contribution in [3.8, 4) is 0 Å². The Bertz CT molecular complexity index is 912. The molecule has 3 unspecified atom stereocenters. The number of thiophene rings is 1. The van der Waals surface area contributed by atoms with E-state index < -0.39 is 0 Å². The lowest BCUT2D eigenvalue weighted by Gasteiger charge is -2.41. The van der Waals surface area contributed by atoms with Gasteiger partial charge in [-0.3, -0.25) is 9.69 Å². The van der Waals surface area contributed by atoms with Gasteiger partial charge in [0.15, 0.2) is 0 Å². The Morgan fingerprint density at radius 2 is 1.77 bits per heavy atom. The van der Waals surface area contributed by atoms with E-state index in [1.807, 2.05) is 12.1 Å². The van der Waals surface area contributed by atoms with Gasteiger partial charge in [0.1, 0.15) is 5.00 Å². The Kier molecular flexibility index (Phi) is 6.95. The zero-order valence-electron chi connectivity index (χ0n) is 18.4. The van der Waals surface area contributed by atoms with Crippen molar-refractivity contribution in [3.63, 3.8) is 0 Å². The Morgan fingerprint density at radius 1 is 1.17 bits per heavy atom. The van der Waals surface area contributed by atoms with E-state index in [4.69, 9.17) is 9.47 Å². The molecule has 3 atom stereocenters. The van der Waals surface area contributed by atoms with Crippen LogP contribution in [0.15, 0.2) is 24.3 Å². The fraction of sp³-hybridized carbons (Fsp3) is 0.478. The second kappa shape index (κ2) is 9.29. The van der Waals surface area contributed by atoms with Crippen LogP contribution in [0.1, 0.15) is 58.7 Å². The van der Waals surface area contributed by atoms with Crippen LogP contribution in [0.5, 0.6) is 0 Å². The summed E-state index contributed by atoms with van der Waals surface area (Å²) >= 11 is 1.61. The molecule has 1 aromatic carbocycles. The molecule has 1 aliphatic heterocycles. The number of nitrogens with one attached hydrogen (secondary N) is 1. The van der Waals surface area contributed by atoms with Crippen LogP contribution in [-0.4, -0.2) is 49.2 Å². The number of aryl methyl sites for hydroxylation is 1. The lowest BCUT2D eigenvalue weighted by molar-refractivity contribution is -0.114. The predicted molar refractivity (Wildman–Crippen MR) is 119 cm³/mol. The molecule has 1 fully saturated rings. The summed E-state index contributed by atoms with van der Waals surface area (Å²) in [5.74, 6) is -0.436. The maximum atomic E-state index is 11.9. The van der Waals surface area contributed by atoms with Gasteiger partial charge in [-0.2, -0.15) is 0 Å². The van der Waals surface area contributed by atoms with E-state index in [1.165, 1.54) is 24.5 Å². The molecule has 6 nitrogen and oxygen atoms in total. The van der Waals surface area contributed by atoms with Gasteiger partial charge in [0.05, 0.1) is 30.9 Å². The number of amides is 1. The summed E-state index contributed by atoms with van der Waals surface area (Å²) in [6.07, 6.45) is 0.213. The minimum atomic E-state index is -0.354. The lowest BCUT2D eigenvalue weighted by Crippen LogP contribution is -2.47. The van der Waals surface area contributed by atoms with Gasteiger partial charge in [0.2, 0.25) is 5.91 Å². The summed E-state index contributed by atoms with van der Waals surface area (Å²) in [6.45, 7) is 11.4. The Balaban J connectivity index is 2.11. The van der Waals surface area contributed by atoms with Crippen LogP contribution < -0.4 is 5.32 Å². The Morgan fingerprint density at radius 3 is 2.30 bits per heavy atom. The normalized spacial score (nSPS) is 20.6. The molecule has 162 valence electrons. The summed E-state index contributed by atoms with van der Waals surface area (Å²) in [7, 11) is 1.38. The van der Waals surface area contributed by atoms with Gasteiger partial charge < -0.3 is 14.8 Å². The minimum absolute atomic E-state index is 0.0581. The molecule has 0 radical (unpaired) electrons. The van der Waals surface area contributed by atoms with Gasteiger partial charge in [0.25, 0.3) is 0 Å². The van der Waals surface area contributed by atoms with Crippen LogP contribution in [0.4, 0.5) is 5.00 Å². The van der Waals surface area contributed by atoms with Crippen molar-refractivity contribution < 1.29 is 19.1 Å². The summed E-state index contributed by atoms with van der Waals surface area (Å²) in [6, 6.07) is 7.50. The molecule has 2 heterocycles. The van der Waals surface area contributed by atoms with Crippen LogP contribution in [0.3, 0.4) is 0 Å². The molecule has 0 saturated carbocycles. The smallest absolute Gasteiger partial charge is 0.337 e. The van der Waals surface area contributed by atoms with E-state index in [1.54, 1.807) is 23.5 Å². The summed E-state index contributed by atoms with van der Waals surface area (Å²) in [5, 5.41) is 3.91. The molecular weight excluding hydrogens is 400 g/mol. The summed E-state index contributed by atoms with van der Waals surface area (Å²) in [5.41, 5.74) is 3.87. The monoisotopic (exact) mass is 430 g/mol. The molecule has 0 bridgehead atoms. The number of methoxy groups -OCH3 is 1. The van der Waals surface area contributed by atoms with E-state index >= 15 is 0 Å². The number of carbonyl (C=O) groups excluding carboxylic acids is 2. The molecule has 1 saturated heterocycles. The van der Waals surface area contributed by atoms with E-state index in [2.05, 4.69) is 37.9 Å². The summed E-state index contributed by atoms with van der Waals surface area (Å²) < 4.78 is 10.8. The number of morpholine rings is 1. The van der Waals surface area contributed by atoms with Crippen molar-refractivity contribution in [1.29, 1.82) is 0 Å². The number of rotatable bonds is 5. The zero-order chi connectivity index (χ0) is 22.0. The van der Waals surface area contributed by atoms with Gasteiger partial charge in [-0.25, -0.2) is 4.79 Å². The molecule has 1 amide bonds. The van der Waals surface area contributed by atoms with Crippen molar-refractivity contribution >= 4 is 28.2 Å². The number of nitrogens with zero attached hydrogens (tertiary/aromatic N) is 1. The minimum Gasteiger partial charge on any atom is -0.465 e. The van der Waals surface area contributed by atoms with Gasteiger partial charge in [-0.05, 0) is 51.0 Å². The second-order valence-corrected chi connectivity index (χ2v) is 9.16. The zero-order valence-corrected chi connectivity index (χ0v) is 19.3. The molecule has 1 N–H and O–H groups in total. The predicted octanol–water partition coefficient (Wildman–Crippen LogP) is 4.31. The highest BCUT2D eigenvalue weighted by atomic mass is 32.1. The van der Waals surface area contributed by atoms with Gasteiger partial charge in [-0.15, -0.1) is 11.3 Å². The molecule has 2 aromatic rings. The third kappa shape index (κ3) is 4.74. The molecular formula is C23H30N2O4S. The Labute approximate surface area is 182 Å². The number of esters is 1. The number of anilines is 1. The van der Waals surface area contributed by atoms with Crippen LogP contribution in [0.2, 0.25) is 0 Å². The van der Waals surface area contributed by atoms with Crippen LogP contribution in [0, 0.1) is 13.8 Å². The fourth-order valence-corrected chi connectivity index (χ4v) is 5.27. The van der Waals surface area contributed by atoms with Crippen molar-refractivity contribution in [2.75, 3.05) is 25.5 Å². The van der Waals surface area contributed by atoms with Crippen LogP contribution in [0.25, 0.3) is 0 Å². The highest BCUT2D eigenvalue weighted by Crippen LogP contribution is 2.43. The standard InChI is InChI=1S/C23H30N2O4S/c1-13-11-25(12-14(2)29-13)21(18-7-9-19(10-8-18)23(27)28-6)20-15(3)16(4)30-22(20)24-17(5)26/h7-10,13-14,21H,11-12H2,1-6H3,(H,24,26). The van der Waals surface area contributed by atoms with Gasteiger partial charge in [0, 0.05) is 30.5 Å². The van der Waals surface area contributed by atoms with Crippen molar-refractivity contribution in [2.24, 2.45) is 0 Å². The molecule has 0 spiro atoms. The molecule has 0 aliphatic carbocycles. The average Bonchev–Trinajstić information content (AvgIpc) is 2.94. The third-order valence-electron chi connectivity index (χ3n) is 5.46. The van der Waals surface area contributed by atoms with Gasteiger partial charge in [-0.1, -0.05) is 12.1 Å². The highest BCUT2D eigenvalue weighted by molar-refractivity contribution is 7.16. The molecule has 30 heavy (non-hydrogen) atoms. The van der Waals surface area contributed by atoms with E-state index in [-0.39, 0.29) is 30.1 Å². The molecule has 7 heteroatoms. The molecule has 1 aromatic heterocycles. The maximum Gasteiger partial charge on any atom is 0.337 e. The quantitative estimate of drug-likeness (QED) is 0.716. The first-order valence-electron chi connectivity index (χ1n) is 10.2. The average molecular weight is 431 g/mol. The number of hydrogen-bond acceptors (Lipinski definition) is 6. The highest BCUT2D eigenvalue weighted by Gasteiger charge is 2.33. The number of benzene rings is 1. The first-order chi connectivity index (χ1) is 14.2. The number of hydrogen-bond donors (Lipinski definition) is 1. The van der Waals surface area contributed by atoms with E-state index in [9.17, 15) is 9.59 Å². The SMILES string of the molecule is COC(=O)c1ccc(C(c2c(NC(C)=O)sc(C)c2C)N2CC(C)OC(C)C2)cc1. The number of carbonyl (C=O) groups is 2. The van der Waals surface area contributed by atoms with Crippen molar-refractivity contribution in [2.45, 2.75) is 52.9 Å². The first kappa shape index (κ1) is 22.5. The topological polar surface area (TPSA) is 67.9 Å². The maximum absolute atomic E-state index is 11.9. The van der Waals surface area contributed by atoms with Crippen LogP contribution in [-0.2, 0) is 14.3 Å². The van der Waals surface area contributed by atoms with E-state index in [0.717, 1.165) is 29.2 Å². The summed E-state index contributed by atoms with van der Waals surface area (Å²) in [4.78, 5) is 27.4. The number of ether oxygens (including phenoxy) is 2.